The molecule has 1 saturated heterocycles. The summed E-state index contributed by atoms with van der Waals surface area (Å²) in [7, 11) is -2.88. The number of benzene rings is 3. The van der Waals surface area contributed by atoms with E-state index in [2.05, 4.69) is 67.6 Å². The van der Waals surface area contributed by atoms with Gasteiger partial charge in [-0.1, -0.05) is 93.6 Å². The van der Waals surface area contributed by atoms with E-state index in [0.29, 0.717) is 5.75 Å². The number of hydrogen-bond acceptors (Lipinski definition) is 6. The highest BCUT2D eigenvalue weighted by Crippen LogP contribution is 2.37. The first-order chi connectivity index (χ1) is 17.1. The first-order valence-electron chi connectivity index (χ1n) is 12.0. The quantitative estimate of drug-likeness (QED) is 0.278. The molecule has 5 atom stereocenters. The van der Waals surface area contributed by atoms with E-state index in [1.807, 2.05) is 54.6 Å². The maximum Gasteiger partial charge on any atom is 0.261 e. The fourth-order valence-corrected chi connectivity index (χ4v) is 9.87. The van der Waals surface area contributed by atoms with Crippen LogP contribution >= 0.6 is 22.6 Å². The lowest BCUT2D eigenvalue weighted by Gasteiger charge is -2.45. The minimum absolute atomic E-state index is 0.0178. The summed E-state index contributed by atoms with van der Waals surface area (Å²) in [5.41, 5.74) is 0. The number of aliphatic hydroxyl groups is 3. The average Bonchev–Trinajstić information content (AvgIpc) is 2.87. The van der Waals surface area contributed by atoms with Crippen LogP contribution in [0.15, 0.2) is 84.9 Å². The molecule has 5 unspecified atom stereocenters. The maximum atomic E-state index is 10.8. The van der Waals surface area contributed by atoms with Gasteiger partial charge in [0.1, 0.15) is 30.2 Å². The Balaban J connectivity index is 1.65. The minimum Gasteiger partial charge on any atom is -0.461 e. The second-order valence-corrected chi connectivity index (χ2v) is 15.5. The number of ether oxygens (including phenoxy) is 2. The summed E-state index contributed by atoms with van der Waals surface area (Å²) in [4.78, 5) is 0. The molecule has 36 heavy (non-hydrogen) atoms. The molecule has 0 bridgehead atoms. The molecule has 4 rings (SSSR count). The molecule has 8 heteroatoms. The van der Waals surface area contributed by atoms with Gasteiger partial charge in [0.05, 0.1) is 10.2 Å². The molecule has 3 aromatic carbocycles. The minimum atomic E-state index is -2.88. The predicted molar refractivity (Wildman–Crippen MR) is 150 cm³/mol. The van der Waals surface area contributed by atoms with Gasteiger partial charge in [-0.3, -0.25) is 0 Å². The van der Waals surface area contributed by atoms with Crippen LogP contribution in [0.3, 0.4) is 0 Å². The molecule has 0 spiro atoms. The Hall–Kier alpha value is -1.79. The Labute approximate surface area is 227 Å². The van der Waals surface area contributed by atoms with Crippen molar-refractivity contribution in [2.24, 2.45) is 0 Å². The summed E-state index contributed by atoms with van der Waals surface area (Å²) in [6, 6.07) is 27.7. The highest BCUT2D eigenvalue weighted by atomic mass is 127. The van der Waals surface area contributed by atoms with E-state index < -0.39 is 39.0 Å². The Morgan fingerprint density at radius 2 is 1.31 bits per heavy atom. The third-order valence-corrected chi connectivity index (χ3v) is 12.5. The van der Waals surface area contributed by atoms with E-state index in [4.69, 9.17) is 13.9 Å². The smallest absolute Gasteiger partial charge is 0.261 e. The average molecular weight is 621 g/mol. The SMILES string of the molecule is CC(C)(C)[Si](OCC1OC(Oc2ccccc2I)C(O)C(O)C1O)(c1ccccc1)c1ccccc1. The molecular weight excluding hydrogens is 587 g/mol. The molecule has 0 radical (unpaired) electrons. The first-order valence-corrected chi connectivity index (χ1v) is 15.0. The van der Waals surface area contributed by atoms with E-state index in [1.165, 1.54) is 0 Å². The Morgan fingerprint density at radius 1 is 0.778 bits per heavy atom. The highest BCUT2D eigenvalue weighted by molar-refractivity contribution is 14.1. The third-order valence-electron chi connectivity index (χ3n) is 6.63. The van der Waals surface area contributed by atoms with Gasteiger partial charge < -0.3 is 29.2 Å². The fourth-order valence-electron chi connectivity index (χ4n) is 4.79. The van der Waals surface area contributed by atoms with Crippen molar-refractivity contribution in [1.29, 1.82) is 0 Å². The summed E-state index contributed by atoms with van der Waals surface area (Å²) < 4.78 is 19.7. The van der Waals surface area contributed by atoms with Crippen LogP contribution in [-0.2, 0) is 9.16 Å². The fraction of sp³-hybridized carbons (Fsp3) is 0.357. The number of para-hydroxylation sites is 1. The lowest BCUT2D eigenvalue weighted by atomic mass is 9.99. The zero-order valence-electron chi connectivity index (χ0n) is 20.6. The van der Waals surface area contributed by atoms with Gasteiger partial charge in [0, 0.05) is 0 Å². The van der Waals surface area contributed by atoms with Crippen LogP contribution in [0, 0.1) is 3.57 Å². The lowest BCUT2D eigenvalue weighted by Crippen LogP contribution is -2.68. The van der Waals surface area contributed by atoms with Crippen LogP contribution in [0.25, 0.3) is 0 Å². The molecule has 3 aromatic rings. The van der Waals surface area contributed by atoms with Gasteiger partial charge in [-0.15, -0.1) is 0 Å². The molecule has 192 valence electrons. The second-order valence-electron chi connectivity index (χ2n) is 10.0. The molecule has 1 fully saturated rings. The molecule has 3 N–H and O–H groups in total. The molecule has 0 aliphatic carbocycles. The normalized spacial score (nSPS) is 24.9. The Morgan fingerprint density at radius 3 is 1.83 bits per heavy atom. The van der Waals surface area contributed by atoms with Crippen molar-refractivity contribution < 1.29 is 29.2 Å². The van der Waals surface area contributed by atoms with E-state index in [0.717, 1.165) is 13.9 Å². The number of halogens is 1. The van der Waals surface area contributed by atoms with Gasteiger partial charge in [0.25, 0.3) is 8.32 Å². The molecule has 1 heterocycles. The number of rotatable bonds is 7. The van der Waals surface area contributed by atoms with Crippen molar-refractivity contribution in [2.45, 2.75) is 56.5 Å². The monoisotopic (exact) mass is 620 g/mol. The van der Waals surface area contributed by atoms with E-state index >= 15 is 0 Å². The molecular formula is C28H33IO6Si. The summed E-state index contributed by atoms with van der Waals surface area (Å²) in [6.07, 6.45) is -6.27. The molecule has 1 aliphatic rings. The largest absolute Gasteiger partial charge is 0.461 e. The van der Waals surface area contributed by atoms with Gasteiger partial charge in [-0.25, -0.2) is 0 Å². The number of hydrogen-bond donors (Lipinski definition) is 3. The Bertz CT molecular complexity index is 1080. The van der Waals surface area contributed by atoms with E-state index in [1.54, 1.807) is 6.07 Å². The zero-order chi connectivity index (χ0) is 25.9. The van der Waals surface area contributed by atoms with Crippen LogP contribution in [0.4, 0.5) is 0 Å². The first kappa shape index (κ1) is 27.2. The predicted octanol–water partition coefficient (Wildman–Crippen LogP) is 3.05. The van der Waals surface area contributed by atoms with Crippen LogP contribution in [-0.4, -0.2) is 60.9 Å². The van der Waals surface area contributed by atoms with Crippen molar-refractivity contribution in [3.63, 3.8) is 0 Å². The summed E-state index contributed by atoms with van der Waals surface area (Å²) >= 11 is 2.13. The lowest BCUT2D eigenvalue weighted by molar-refractivity contribution is -0.276. The Kier molecular flexibility index (Phi) is 8.55. The number of aliphatic hydroxyl groups excluding tert-OH is 3. The standard InChI is InChI=1S/C28H33IO6Si/c1-28(2,3)36(19-12-6-4-7-13-19,20-14-8-5-9-15-20)33-18-23-24(30)25(31)26(32)27(35-23)34-22-17-11-10-16-21(22)29/h4-17,23-27,30-32H,18H2,1-3H3. The molecule has 6 nitrogen and oxygen atoms in total. The molecule has 0 saturated carbocycles. The van der Waals surface area contributed by atoms with Gasteiger partial charge in [0.15, 0.2) is 0 Å². The van der Waals surface area contributed by atoms with Gasteiger partial charge in [-0.05, 0) is 50.1 Å². The molecule has 0 aromatic heterocycles. The summed E-state index contributed by atoms with van der Waals surface area (Å²) in [5, 5.41) is 34.0. The van der Waals surface area contributed by atoms with Gasteiger partial charge in [-0.2, -0.15) is 0 Å². The van der Waals surface area contributed by atoms with Crippen molar-refractivity contribution in [3.05, 3.63) is 88.5 Å². The summed E-state index contributed by atoms with van der Waals surface area (Å²) in [6.45, 7) is 6.52. The van der Waals surface area contributed by atoms with Gasteiger partial charge >= 0.3 is 0 Å². The maximum absolute atomic E-state index is 10.8. The van der Waals surface area contributed by atoms with Crippen LogP contribution in [0.2, 0.25) is 5.04 Å². The van der Waals surface area contributed by atoms with Crippen molar-refractivity contribution in [3.8, 4) is 5.75 Å². The molecule has 1 aliphatic heterocycles. The van der Waals surface area contributed by atoms with E-state index in [-0.39, 0.29) is 11.6 Å². The zero-order valence-corrected chi connectivity index (χ0v) is 23.8. The van der Waals surface area contributed by atoms with Crippen molar-refractivity contribution in [2.75, 3.05) is 6.61 Å². The molecule has 0 amide bonds. The van der Waals surface area contributed by atoms with Gasteiger partial charge in [0.2, 0.25) is 6.29 Å². The van der Waals surface area contributed by atoms with Crippen LogP contribution in [0.1, 0.15) is 20.8 Å². The van der Waals surface area contributed by atoms with Crippen LogP contribution in [0.5, 0.6) is 5.75 Å². The summed E-state index contributed by atoms with van der Waals surface area (Å²) in [5.74, 6) is 0.525. The second kappa shape index (κ2) is 11.3. The van der Waals surface area contributed by atoms with Crippen molar-refractivity contribution in [1.82, 2.24) is 0 Å². The van der Waals surface area contributed by atoms with Crippen LogP contribution < -0.4 is 15.1 Å². The van der Waals surface area contributed by atoms with Crippen molar-refractivity contribution >= 4 is 41.3 Å². The highest BCUT2D eigenvalue weighted by Gasteiger charge is 2.52. The van der Waals surface area contributed by atoms with E-state index in [9.17, 15) is 15.3 Å². The third kappa shape index (κ3) is 5.40. The topological polar surface area (TPSA) is 88.4 Å².